The van der Waals surface area contributed by atoms with Gasteiger partial charge in [0.25, 0.3) is 5.91 Å². The van der Waals surface area contributed by atoms with Crippen molar-refractivity contribution in [2.24, 2.45) is 5.92 Å². The molecule has 2 aromatic rings. The second kappa shape index (κ2) is 6.81. The normalized spacial score (nSPS) is 14.6. The number of thiophene rings is 1. The lowest BCUT2D eigenvalue weighted by Gasteiger charge is -2.25. The van der Waals surface area contributed by atoms with Crippen LogP contribution in [-0.2, 0) is 0 Å². The van der Waals surface area contributed by atoms with E-state index in [2.05, 4.69) is 19.2 Å². The molecule has 23 heavy (non-hydrogen) atoms. The Hall–Kier alpha value is -1.72. The monoisotopic (exact) mass is 351 g/mol. The largest absolute Gasteiger partial charge is 0.486 e. The molecule has 0 unspecified atom stereocenters. The first kappa shape index (κ1) is 16.1. The van der Waals surface area contributed by atoms with E-state index in [9.17, 15) is 4.79 Å². The van der Waals surface area contributed by atoms with Crippen LogP contribution in [0, 0.1) is 5.92 Å². The van der Waals surface area contributed by atoms with Crippen LogP contribution in [0.2, 0.25) is 4.34 Å². The molecule has 1 aliphatic heterocycles. The van der Waals surface area contributed by atoms with Gasteiger partial charge in [0.05, 0.1) is 15.3 Å². The van der Waals surface area contributed by atoms with Crippen LogP contribution in [-0.4, -0.2) is 19.1 Å². The first-order valence-corrected chi connectivity index (χ1v) is 8.70. The molecule has 1 aromatic carbocycles. The Balaban J connectivity index is 1.82. The van der Waals surface area contributed by atoms with Gasteiger partial charge in [0.2, 0.25) is 0 Å². The van der Waals surface area contributed by atoms with Crippen molar-refractivity contribution in [3.63, 3.8) is 0 Å². The van der Waals surface area contributed by atoms with Crippen LogP contribution in [0.5, 0.6) is 11.5 Å². The molecule has 1 atom stereocenters. The summed E-state index contributed by atoms with van der Waals surface area (Å²) in [7, 11) is 0. The highest BCUT2D eigenvalue weighted by molar-refractivity contribution is 7.17. The van der Waals surface area contributed by atoms with Crippen molar-refractivity contribution in [1.82, 2.24) is 5.32 Å². The lowest BCUT2D eigenvalue weighted by molar-refractivity contribution is 0.0929. The van der Waals surface area contributed by atoms with Crippen molar-refractivity contribution >= 4 is 28.8 Å². The highest BCUT2D eigenvalue weighted by atomic mass is 35.5. The van der Waals surface area contributed by atoms with Crippen molar-refractivity contribution in [3.8, 4) is 11.5 Å². The maximum Gasteiger partial charge on any atom is 0.261 e. The molecular weight excluding hydrogens is 334 g/mol. The van der Waals surface area contributed by atoms with Crippen LogP contribution in [0.4, 0.5) is 0 Å². The van der Waals surface area contributed by atoms with E-state index in [1.54, 1.807) is 12.1 Å². The molecule has 0 radical (unpaired) electrons. The standard InChI is InChI=1S/C17H18ClNO3S/c1-10(2)16(19-17(20)14-5-6-15(18)23-14)11-3-4-12-13(9-11)22-8-7-21-12/h3-6,9-10,16H,7-8H2,1-2H3,(H,19,20)/t16-/m1/s1. The lowest BCUT2D eigenvalue weighted by Crippen LogP contribution is -2.31. The molecule has 1 aliphatic rings. The zero-order valence-corrected chi connectivity index (χ0v) is 14.5. The molecule has 1 aromatic heterocycles. The number of ether oxygens (including phenoxy) is 2. The maximum atomic E-state index is 12.4. The summed E-state index contributed by atoms with van der Waals surface area (Å²) in [5.74, 6) is 1.60. The zero-order valence-electron chi connectivity index (χ0n) is 13.0. The molecule has 0 saturated carbocycles. The Kier molecular flexibility index (Phi) is 4.78. The fourth-order valence-electron chi connectivity index (χ4n) is 2.54. The quantitative estimate of drug-likeness (QED) is 0.893. The van der Waals surface area contributed by atoms with Crippen molar-refractivity contribution in [2.75, 3.05) is 13.2 Å². The van der Waals surface area contributed by atoms with Gasteiger partial charge in [-0.25, -0.2) is 0 Å². The highest BCUT2D eigenvalue weighted by Crippen LogP contribution is 2.34. The summed E-state index contributed by atoms with van der Waals surface area (Å²) in [5, 5.41) is 3.09. The summed E-state index contributed by atoms with van der Waals surface area (Å²) in [6.07, 6.45) is 0. The number of carbonyl (C=O) groups excluding carboxylic acids is 1. The van der Waals surface area contributed by atoms with E-state index < -0.39 is 0 Å². The third kappa shape index (κ3) is 3.62. The minimum absolute atomic E-state index is 0.112. The van der Waals surface area contributed by atoms with E-state index in [1.807, 2.05) is 18.2 Å². The van der Waals surface area contributed by atoms with Crippen LogP contribution in [0.3, 0.4) is 0 Å². The number of fused-ring (bicyclic) bond motifs is 1. The first-order chi connectivity index (χ1) is 11.0. The number of benzene rings is 1. The van der Waals surface area contributed by atoms with Crippen molar-refractivity contribution in [2.45, 2.75) is 19.9 Å². The zero-order chi connectivity index (χ0) is 16.4. The number of hydrogen-bond acceptors (Lipinski definition) is 4. The van der Waals surface area contributed by atoms with Gasteiger partial charge in [0, 0.05) is 0 Å². The molecule has 0 bridgehead atoms. The maximum absolute atomic E-state index is 12.4. The molecule has 0 aliphatic carbocycles. The third-order valence-corrected chi connectivity index (χ3v) is 4.91. The van der Waals surface area contributed by atoms with Crippen LogP contribution in [0.1, 0.15) is 35.1 Å². The number of hydrogen-bond donors (Lipinski definition) is 1. The van der Waals surface area contributed by atoms with Gasteiger partial charge in [0.15, 0.2) is 11.5 Å². The van der Waals surface area contributed by atoms with Gasteiger partial charge in [-0.3, -0.25) is 4.79 Å². The molecular formula is C17H18ClNO3S. The minimum atomic E-state index is -0.115. The van der Waals surface area contributed by atoms with Crippen LogP contribution < -0.4 is 14.8 Å². The average molecular weight is 352 g/mol. The predicted octanol–water partition coefficient (Wildman–Crippen LogP) is 4.30. The van der Waals surface area contributed by atoms with E-state index in [0.717, 1.165) is 17.1 Å². The summed E-state index contributed by atoms with van der Waals surface area (Å²) in [4.78, 5) is 13.0. The van der Waals surface area contributed by atoms with E-state index >= 15 is 0 Å². The van der Waals surface area contributed by atoms with E-state index in [4.69, 9.17) is 21.1 Å². The van der Waals surface area contributed by atoms with Crippen molar-refractivity contribution in [1.29, 1.82) is 0 Å². The van der Waals surface area contributed by atoms with Gasteiger partial charge in [0.1, 0.15) is 13.2 Å². The van der Waals surface area contributed by atoms with Crippen LogP contribution in [0.15, 0.2) is 30.3 Å². The topological polar surface area (TPSA) is 47.6 Å². The fourth-order valence-corrected chi connectivity index (χ4v) is 3.48. The Morgan fingerprint density at radius 2 is 1.91 bits per heavy atom. The Labute approximate surface area is 144 Å². The summed E-state index contributed by atoms with van der Waals surface area (Å²) in [5.41, 5.74) is 1.00. The summed E-state index contributed by atoms with van der Waals surface area (Å²) >= 11 is 7.18. The minimum Gasteiger partial charge on any atom is -0.486 e. The van der Waals surface area contributed by atoms with Gasteiger partial charge < -0.3 is 14.8 Å². The van der Waals surface area contributed by atoms with E-state index in [-0.39, 0.29) is 17.9 Å². The van der Waals surface area contributed by atoms with E-state index in [0.29, 0.717) is 22.4 Å². The smallest absolute Gasteiger partial charge is 0.261 e. The van der Waals surface area contributed by atoms with Gasteiger partial charge in [-0.2, -0.15) is 0 Å². The molecule has 0 fully saturated rings. The number of amides is 1. The molecule has 4 nitrogen and oxygen atoms in total. The van der Waals surface area contributed by atoms with Gasteiger partial charge in [-0.05, 0) is 35.7 Å². The molecule has 3 rings (SSSR count). The molecule has 0 spiro atoms. The molecule has 1 amide bonds. The van der Waals surface area contributed by atoms with Crippen molar-refractivity contribution in [3.05, 3.63) is 45.1 Å². The molecule has 2 heterocycles. The Morgan fingerprint density at radius 3 is 2.57 bits per heavy atom. The molecule has 122 valence electrons. The third-order valence-electron chi connectivity index (χ3n) is 3.68. The Bertz CT molecular complexity index is 714. The number of halogens is 1. The Morgan fingerprint density at radius 1 is 1.17 bits per heavy atom. The number of rotatable bonds is 4. The van der Waals surface area contributed by atoms with Crippen LogP contribution in [0.25, 0.3) is 0 Å². The number of nitrogens with one attached hydrogen (secondary N) is 1. The highest BCUT2D eigenvalue weighted by Gasteiger charge is 2.22. The van der Waals surface area contributed by atoms with Gasteiger partial charge >= 0.3 is 0 Å². The lowest BCUT2D eigenvalue weighted by atomic mass is 9.95. The molecule has 6 heteroatoms. The van der Waals surface area contributed by atoms with Crippen molar-refractivity contribution < 1.29 is 14.3 Å². The molecule has 1 N–H and O–H groups in total. The first-order valence-electron chi connectivity index (χ1n) is 7.50. The fraction of sp³-hybridized carbons (Fsp3) is 0.353. The van der Waals surface area contributed by atoms with Crippen LogP contribution >= 0.6 is 22.9 Å². The summed E-state index contributed by atoms with van der Waals surface area (Å²) < 4.78 is 11.8. The second-order valence-electron chi connectivity index (χ2n) is 5.70. The van der Waals surface area contributed by atoms with E-state index in [1.165, 1.54) is 11.3 Å². The second-order valence-corrected chi connectivity index (χ2v) is 7.42. The summed E-state index contributed by atoms with van der Waals surface area (Å²) in [6.45, 7) is 5.25. The summed E-state index contributed by atoms with van der Waals surface area (Å²) in [6, 6.07) is 9.17. The predicted molar refractivity (Wildman–Crippen MR) is 91.8 cm³/mol. The average Bonchev–Trinajstić information content (AvgIpc) is 2.98. The SMILES string of the molecule is CC(C)[C@@H](NC(=O)c1ccc(Cl)s1)c1ccc2c(c1)OCCO2. The molecule has 0 saturated heterocycles. The van der Waals surface area contributed by atoms with Gasteiger partial charge in [-0.1, -0.05) is 31.5 Å². The number of carbonyl (C=O) groups is 1. The van der Waals surface area contributed by atoms with Gasteiger partial charge in [-0.15, -0.1) is 11.3 Å².